The van der Waals surface area contributed by atoms with Gasteiger partial charge in [0.15, 0.2) is 5.69 Å². The van der Waals surface area contributed by atoms with Gasteiger partial charge in [-0.05, 0) is 78.8 Å². The molecule has 1 fully saturated rings. The number of aromatic nitrogens is 6. The van der Waals surface area contributed by atoms with E-state index in [-0.39, 0.29) is 28.8 Å². The van der Waals surface area contributed by atoms with Crippen LogP contribution in [0, 0.1) is 11.9 Å². The van der Waals surface area contributed by atoms with Crippen molar-refractivity contribution in [2.45, 2.75) is 37.4 Å². The minimum atomic E-state index is -4.66. The molecule has 0 amide bonds. The Morgan fingerprint density at radius 3 is 2.68 bits per heavy atom. The van der Waals surface area contributed by atoms with Gasteiger partial charge in [0.05, 0.1) is 23.6 Å². The van der Waals surface area contributed by atoms with E-state index >= 15 is 4.39 Å². The summed E-state index contributed by atoms with van der Waals surface area (Å²) in [4.78, 5) is 21.0. The van der Waals surface area contributed by atoms with Crippen LogP contribution < -0.4 is 10.9 Å². The summed E-state index contributed by atoms with van der Waals surface area (Å²) in [5, 5.41) is 10.5. The summed E-state index contributed by atoms with van der Waals surface area (Å²) >= 11 is 6.28. The van der Waals surface area contributed by atoms with E-state index in [0.717, 1.165) is 58.3 Å². The van der Waals surface area contributed by atoms with Crippen LogP contribution in [0.15, 0.2) is 71.8 Å². The second-order valence-electron chi connectivity index (χ2n) is 11.4. The lowest BCUT2D eigenvalue weighted by Gasteiger charge is -2.20. The smallest absolute Gasteiger partial charge is 0.359 e. The Morgan fingerprint density at radius 1 is 1.05 bits per heavy atom. The van der Waals surface area contributed by atoms with Crippen LogP contribution in [-0.4, -0.2) is 29.5 Å². The van der Waals surface area contributed by atoms with Crippen molar-refractivity contribution in [3.8, 4) is 28.2 Å². The van der Waals surface area contributed by atoms with Gasteiger partial charge in [0, 0.05) is 45.2 Å². The summed E-state index contributed by atoms with van der Waals surface area (Å²) in [7, 11) is 0. The number of anilines is 1. The highest BCUT2D eigenvalue weighted by Gasteiger charge is 2.54. The molecule has 0 spiro atoms. The third-order valence-electron chi connectivity index (χ3n) is 8.67. The van der Waals surface area contributed by atoms with Crippen molar-refractivity contribution in [1.29, 1.82) is 0 Å². The van der Waals surface area contributed by atoms with Gasteiger partial charge in [-0.15, -0.1) is 5.10 Å². The normalized spacial score (nSPS) is 20.2. The predicted octanol–water partition coefficient (Wildman–Crippen LogP) is 6.88. The topological polar surface area (TPSA) is 93.4 Å². The van der Waals surface area contributed by atoms with Crippen molar-refractivity contribution in [3.63, 3.8) is 0 Å². The molecule has 13 heteroatoms. The molecule has 44 heavy (non-hydrogen) atoms. The number of benzene rings is 2. The van der Waals surface area contributed by atoms with E-state index in [1.165, 1.54) is 18.2 Å². The minimum absolute atomic E-state index is 0.00277. The van der Waals surface area contributed by atoms with Gasteiger partial charge in [-0.25, -0.2) is 9.67 Å². The Bertz CT molecular complexity index is 2080. The predicted molar refractivity (Wildman–Crippen MR) is 155 cm³/mol. The molecule has 3 aliphatic rings. The molecule has 5 aromatic rings. The SMILES string of the molecule is C=C1CCc2cc(-c3nc(F)c(C4C5CC5c5cc(-c6cc(Cl)ccc6-n6cc(C(F)(F)F)nn6)cc(=O)n54)[nH]3)ccc2N1. The summed E-state index contributed by atoms with van der Waals surface area (Å²) in [5.74, 6) is -0.252. The van der Waals surface area contributed by atoms with Crippen LogP contribution in [0.5, 0.6) is 0 Å². The van der Waals surface area contributed by atoms with E-state index in [0.29, 0.717) is 22.0 Å². The van der Waals surface area contributed by atoms with Gasteiger partial charge in [-0.3, -0.25) is 4.79 Å². The maximum atomic E-state index is 15.5. The van der Waals surface area contributed by atoms with Crippen LogP contribution in [0.2, 0.25) is 5.02 Å². The molecular formula is C31H22ClF4N7O. The fraction of sp³-hybridized carbons (Fsp3) is 0.226. The quantitative estimate of drug-likeness (QED) is 0.214. The van der Waals surface area contributed by atoms with Crippen LogP contribution in [0.4, 0.5) is 23.2 Å². The number of allylic oxidation sites excluding steroid dienone is 1. The Hall–Kier alpha value is -4.71. The molecule has 2 aromatic carbocycles. The van der Waals surface area contributed by atoms with Crippen molar-refractivity contribution in [1.82, 2.24) is 29.5 Å². The van der Waals surface area contributed by atoms with Gasteiger partial charge in [-0.2, -0.15) is 17.6 Å². The number of fused-ring (bicyclic) bond motifs is 4. The van der Waals surface area contributed by atoms with E-state index in [9.17, 15) is 18.0 Å². The van der Waals surface area contributed by atoms with Crippen LogP contribution in [-0.2, 0) is 12.6 Å². The average Bonchev–Trinajstić information content (AvgIpc) is 3.28. The van der Waals surface area contributed by atoms with E-state index < -0.39 is 23.9 Å². The van der Waals surface area contributed by atoms with Crippen molar-refractivity contribution in [2.75, 3.05) is 5.32 Å². The van der Waals surface area contributed by atoms with Crippen molar-refractivity contribution >= 4 is 17.3 Å². The highest BCUT2D eigenvalue weighted by molar-refractivity contribution is 6.31. The summed E-state index contributed by atoms with van der Waals surface area (Å²) < 4.78 is 57.7. The van der Waals surface area contributed by atoms with Gasteiger partial charge in [0.25, 0.3) is 5.56 Å². The molecule has 0 bridgehead atoms. The summed E-state index contributed by atoms with van der Waals surface area (Å²) in [5.41, 5.74) is 4.36. The lowest BCUT2D eigenvalue weighted by Crippen LogP contribution is -2.26. The standard InChI is InChI=1S/C31H22ClF4N7O/c1-14-2-3-15-8-16(4-6-22(15)37-14)30-38-27(29(33)39-30)28-21-12-20(21)24-9-17(10-26(44)43(24)28)19-11-18(32)5-7-23(19)42-13-25(40-41-42)31(34,35)36/h4-11,13,20-21,28,37H,1-3,12H2,(H,38,39). The number of alkyl halides is 3. The molecule has 2 N–H and O–H groups in total. The summed E-state index contributed by atoms with van der Waals surface area (Å²) in [6.45, 7) is 3.99. The van der Waals surface area contributed by atoms with Crippen molar-refractivity contribution < 1.29 is 17.6 Å². The van der Waals surface area contributed by atoms with Gasteiger partial charge in [0.1, 0.15) is 5.82 Å². The monoisotopic (exact) mass is 619 g/mol. The Labute approximate surface area is 252 Å². The lowest BCUT2D eigenvalue weighted by molar-refractivity contribution is -0.141. The molecule has 222 valence electrons. The molecule has 0 radical (unpaired) electrons. The molecule has 8 rings (SSSR count). The fourth-order valence-corrected chi connectivity index (χ4v) is 6.71. The molecule has 2 aliphatic heterocycles. The Balaban J connectivity index is 1.17. The summed E-state index contributed by atoms with van der Waals surface area (Å²) in [6, 6.07) is 13.0. The third-order valence-corrected chi connectivity index (χ3v) is 8.90. The van der Waals surface area contributed by atoms with Crippen molar-refractivity contribution in [2.24, 2.45) is 5.92 Å². The van der Waals surface area contributed by atoms with Crippen LogP contribution in [0.1, 0.15) is 47.4 Å². The maximum Gasteiger partial charge on any atom is 0.436 e. The number of nitrogens with zero attached hydrogens (tertiary/aromatic N) is 5. The number of H-pyrrole nitrogens is 1. The zero-order valence-electron chi connectivity index (χ0n) is 22.8. The molecule has 3 unspecified atom stereocenters. The summed E-state index contributed by atoms with van der Waals surface area (Å²) in [6.07, 6.45) is -1.49. The first-order valence-corrected chi connectivity index (χ1v) is 14.3. The molecule has 3 aromatic heterocycles. The molecular weight excluding hydrogens is 598 g/mol. The average molecular weight is 620 g/mol. The molecule has 1 aliphatic carbocycles. The first-order valence-electron chi connectivity index (χ1n) is 13.9. The Morgan fingerprint density at radius 2 is 1.89 bits per heavy atom. The van der Waals surface area contributed by atoms with E-state index in [1.54, 1.807) is 10.6 Å². The van der Waals surface area contributed by atoms with Gasteiger partial charge in [-0.1, -0.05) is 23.4 Å². The third kappa shape index (κ3) is 4.27. The second-order valence-corrected chi connectivity index (χ2v) is 11.9. The molecule has 8 nitrogen and oxygen atoms in total. The minimum Gasteiger partial charge on any atom is -0.359 e. The molecule has 1 saturated carbocycles. The molecule has 3 atom stereocenters. The van der Waals surface area contributed by atoms with Crippen LogP contribution >= 0.6 is 11.6 Å². The van der Waals surface area contributed by atoms with Crippen LogP contribution in [0.25, 0.3) is 28.2 Å². The van der Waals surface area contributed by atoms with E-state index in [1.807, 2.05) is 24.3 Å². The number of aryl methyl sites for hydroxylation is 1. The number of pyridine rings is 1. The number of hydrogen-bond donors (Lipinski definition) is 2. The van der Waals surface area contributed by atoms with E-state index in [2.05, 4.69) is 32.2 Å². The number of halogens is 5. The second kappa shape index (κ2) is 9.39. The fourth-order valence-electron chi connectivity index (χ4n) is 6.53. The lowest BCUT2D eigenvalue weighted by atomic mass is 9.99. The number of rotatable bonds is 4. The maximum absolute atomic E-state index is 15.5. The zero-order chi connectivity index (χ0) is 30.5. The number of aromatic amines is 1. The largest absolute Gasteiger partial charge is 0.436 e. The van der Waals surface area contributed by atoms with Gasteiger partial charge >= 0.3 is 6.18 Å². The zero-order valence-corrected chi connectivity index (χ0v) is 23.5. The number of imidazole rings is 1. The van der Waals surface area contributed by atoms with Crippen molar-refractivity contribution in [3.05, 3.63) is 111 Å². The highest BCUT2D eigenvalue weighted by Crippen LogP contribution is 2.61. The highest BCUT2D eigenvalue weighted by atomic mass is 35.5. The number of nitrogens with one attached hydrogen (secondary N) is 2. The first-order chi connectivity index (χ1) is 21.0. The Kier molecular flexibility index (Phi) is 5.74. The molecule has 0 saturated heterocycles. The first kappa shape index (κ1) is 26.9. The number of hydrogen-bond acceptors (Lipinski definition) is 5. The molecule has 5 heterocycles. The van der Waals surface area contributed by atoms with Crippen LogP contribution in [0.3, 0.4) is 0 Å². The van der Waals surface area contributed by atoms with Gasteiger partial charge in [0.2, 0.25) is 5.95 Å². The van der Waals surface area contributed by atoms with E-state index in [4.69, 9.17) is 11.6 Å². The van der Waals surface area contributed by atoms with Gasteiger partial charge < -0.3 is 14.9 Å².